The van der Waals surface area contributed by atoms with E-state index in [0.717, 1.165) is 25.9 Å². The maximum Gasteiger partial charge on any atom is 0.271 e. The lowest BCUT2D eigenvalue weighted by atomic mass is 9.58. The molecular formula is C15H21B2N3O. The summed E-state index contributed by atoms with van der Waals surface area (Å²) < 4.78 is 0. The second kappa shape index (κ2) is 6.22. The molecule has 4 radical (unpaired) electrons. The molecule has 4 nitrogen and oxygen atoms in total. The second-order valence-electron chi connectivity index (χ2n) is 6.10. The van der Waals surface area contributed by atoms with Gasteiger partial charge in [-0.1, -0.05) is 13.0 Å². The van der Waals surface area contributed by atoms with Crippen LogP contribution in [0.2, 0.25) is 0 Å². The number of piperidine rings is 1. The molecule has 0 atom stereocenters. The van der Waals surface area contributed by atoms with Crippen LogP contribution in [0.5, 0.6) is 0 Å². The Bertz CT molecular complexity index is 511. The minimum absolute atomic E-state index is 0.153. The SMILES string of the molecule is [B]C([B])(c1cccc(C(=O)N(C)C)n1)N1CCC(C)CC1. The van der Waals surface area contributed by atoms with Crippen LogP contribution < -0.4 is 0 Å². The number of hydrogen-bond acceptors (Lipinski definition) is 3. The van der Waals surface area contributed by atoms with Crippen molar-refractivity contribution in [1.82, 2.24) is 14.8 Å². The first kappa shape index (κ1) is 16.1. The van der Waals surface area contributed by atoms with Crippen LogP contribution in [0, 0.1) is 5.92 Å². The standard InChI is InChI=1S/C15H21B2N3O/c1-11-7-9-20(10-8-11)15(16,17)13-6-4-5-12(18-13)14(21)19(2)3/h4-6,11H,7-10H2,1-3H3. The van der Waals surface area contributed by atoms with Crippen LogP contribution in [-0.2, 0) is 5.34 Å². The number of nitrogens with zero attached hydrogens (tertiary/aromatic N) is 3. The largest absolute Gasteiger partial charge is 0.343 e. The first-order valence-corrected chi connectivity index (χ1v) is 7.34. The van der Waals surface area contributed by atoms with Crippen molar-refractivity contribution in [2.45, 2.75) is 25.1 Å². The van der Waals surface area contributed by atoms with Gasteiger partial charge in [0.1, 0.15) is 5.69 Å². The summed E-state index contributed by atoms with van der Waals surface area (Å²) in [7, 11) is 16.0. The van der Waals surface area contributed by atoms with E-state index in [2.05, 4.69) is 11.9 Å². The van der Waals surface area contributed by atoms with E-state index in [0.29, 0.717) is 17.3 Å². The van der Waals surface area contributed by atoms with Gasteiger partial charge in [0.05, 0.1) is 15.7 Å². The molecule has 0 saturated carbocycles. The molecule has 1 aromatic rings. The van der Waals surface area contributed by atoms with E-state index < -0.39 is 5.34 Å². The fraction of sp³-hybridized carbons (Fsp3) is 0.600. The molecule has 108 valence electrons. The van der Waals surface area contributed by atoms with Crippen LogP contribution in [-0.4, -0.2) is 63.6 Å². The Labute approximate surface area is 129 Å². The van der Waals surface area contributed by atoms with Crippen LogP contribution in [0.4, 0.5) is 0 Å². The molecule has 0 spiro atoms. The molecule has 0 N–H and O–H groups in total. The normalized spacial score (nSPS) is 17.7. The molecular weight excluding hydrogens is 260 g/mol. The van der Waals surface area contributed by atoms with Gasteiger partial charge in [-0.25, -0.2) is 4.98 Å². The van der Waals surface area contributed by atoms with Crippen LogP contribution in [0.3, 0.4) is 0 Å². The van der Waals surface area contributed by atoms with Gasteiger partial charge >= 0.3 is 0 Å². The summed E-state index contributed by atoms with van der Waals surface area (Å²) in [5.41, 5.74) is 0.896. The summed E-state index contributed by atoms with van der Waals surface area (Å²) in [5.74, 6) is 0.548. The summed E-state index contributed by atoms with van der Waals surface area (Å²) in [4.78, 5) is 19.9. The molecule has 1 saturated heterocycles. The molecule has 1 aliphatic rings. The van der Waals surface area contributed by atoms with E-state index in [9.17, 15) is 4.79 Å². The average Bonchev–Trinajstić information content (AvgIpc) is 2.47. The number of carbonyl (C=O) groups is 1. The lowest BCUT2D eigenvalue weighted by Crippen LogP contribution is -2.51. The van der Waals surface area contributed by atoms with Crippen molar-refractivity contribution in [1.29, 1.82) is 0 Å². The van der Waals surface area contributed by atoms with Gasteiger partial charge in [-0.2, -0.15) is 0 Å². The maximum atomic E-state index is 12.0. The molecule has 1 aromatic heterocycles. The predicted molar refractivity (Wildman–Crippen MR) is 85.4 cm³/mol. The average molecular weight is 281 g/mol. The van der Waals surface area contributed by atoms with Gasteiger partial charge in [0.25, 0.3) is 5.91 Å². The van der Waals surface area contributed by atoms with Crippen LogP contribution in [0.1, 0.15) is 35.9 Å². The molecule has 1 aliphatic heterocycles. The molecule has 1 fully saturated rings. The number of pyridine rings is 1. The molecule has 6 heteroatoms. The summed E-state index contributed by atoms with van der Waals surface area (Å²) in [6.07, 6.45) is 2.15. The van der Waals surface area contributed by atoms with E-state index in [1.165, 1.54) is 4.90 Å². The maximum absolute atomic E-state index is 12.0. The second-order valence-corrected chi connectivity index (χ2v) is 6.10. The Morgan fingerprint density at radius 1 is 1.33 bits per heavy atom. The Hall–Kier alpha value is -1.29. The highest BCUT2D eigenvalue weighted by atomic mass is 16.2. The van der Waals surface area contributed by atoms with Crippen molar-refractivity contribution in [2.24, 2.45) is 5.92 Å². The number of aromatic nitrogens is 1. The fourth-order valence-electron chi connectivity index (χ4n) is 2.55. The topological polar surface area (TPSA) is 36.4 Å². The van der Waals surface area contributed by atoms with Crippen molar-refractivity contribution < 1.29 is 4.79 Å². The number of rotatable bonds is 3. The van der Waals surface area contributed by atoms with Crippen molar-refractivity contribution in [3.8, 4) is 0 Å². The number of amides is 1. The van der Waals surface area contributed by atoms with E-state index >= 15 is 0 Å². The number of carbonyl (C=O) groups excluding carboxylic acids is 1. The molecule has 0 bridgehead atoms. The van der Waals surface area contributed by atoms with Gasteiger partial charge in [0, 0.05) is 19.8 Å². The van der Waals surface area contributed by atoms with E-state index in [1.54, 1.807) is 32.3 Å². The molecule has 2 rings (SSSR count). The summed E-state index contributed by atoms with van der Waals surface area (Å²) in [6.45, 7) is 3.93. The van der Waals surface area contributed by atoms with E-state index in [-0.39, 0.29) is 5.91 Å². The highest BCUT2D eigenvalue weighted by molar-refractivity contribution is 6.39. The smallest absolute Gasteiger partial charge is 0.271 e. The zero-order chi connectivity index (χ0) is 15.6. The molecule has 1 amide bonds. The number of likely N-dealkylation sites (tertiary alicyclic amines) is 1. The van der Waals surface area contributed by atoms with Crippen molar-refractivity contribution in [3.63, 3.8) is 0 Å². The third kappa shape index (κ3) is 3.49. The summed E-state index contributed by atoms with van der Waals surface area (Å²) in [5, 5.41) is -1.14. The molecule has 0 aromatic carbocycles. The third-order valence-corrected chi connectivity index (χ3v) is 4.09. The molecule has 21 heavy (non-hydrogen) atoms. The van der Waals surface area contributed by atoms with Gasteiger partial charge in [-0.15, -0.1) is 0 Å². The molecule has 0 unspecified atom stereocenters. The number of hydrogen-bond donors (Lipinski definition) is 0. The minimum Gasteiger partial charge on any atom is -0.343 e. The molecule has 0 aliphatic carbocycles. The Morgan fingerprint density at radius 3 is 2.52 bits per heavy atom. The zero-order valence-electron chi connectivity index (χ0n) is 13.0. The lowest BCUT2D eigenvalue weighted by molar-refractivity contribution is 0.0821. The third-order valence-electron chi connectivity index (χ3n) is 4.09. The highest BCUT2D eigenvalue weighted by Gasteiger charge is 2.31. The van der Waals surface area contributed by atoms with Crippen LogP contribution in [0.25, 0.3) is 0 Å². The van der Waals surface area contributed by atoms with Crippen molar-refractivity contribution in [2.75, 3.05) is 27.2 Å². The highest BCUT2D eigenvalue weighted by Crippen LogP contribution is 2.26. The van der Waals surface area contributed by atoms with Crippen molar-refractivity contribution >= 4 is 21.6 Å². The van der Waals surface area contributed by atoms with Crippen LogP contribution in [0.15, 0.2) is 18.2 Å². The monoisotopic (exact) mass is 281 g/mol. The quantitative estimate of drug-likeness (QED) is 0.774. The Balaban J connectivity index is 2.23. The summed E-state index contributed by atoms with van der Waals surface area (Å²) >= 11 is 0. The first-order valence-electron chi connectivity index (χ1n) is 7.34. The predicted octanol–water partition coefficient (Wildman–Crippen LogP) is 0.963. The van der Waals surface area contributed by atoms with Gasteiger partial charge < -0.3 is 9.80 Å². The fourth-order valence-corrected chi connectivity index (χ4v) is 2.55. The Morgan fingerprint density at radius 2 is 1.95 bits per heavy atom. The summed E-state index contributed by atoms with van der Waals surface area (Å²) in [6, 6.07) is 5.24. The zero-order valence-corrected chi connectivity index (χ0v) is 13.0. The van der Waals surface area contributed by atoms with Gasteiger partial charge in [0.15, 0.2) is 0 Å². The van der Waals surface area contributed by atoms with Crippen molar-refractivity contribution in [3.05, 3.63) is 29.6 Å². The van der Waals surface area contributed by atoms with Gasteiger partial charge in [-0.3, -0.25) is 4.79 Å². The lowest BCUT2D eigenvalue weighted by Gasteiger charge is -2.43. The molecule has 2 heterocycles. The van der Waals surface area contributed by atoms with Gasteiger partial charge in [0.2, 0.25) is 0 Å². The van der Waals surface area contributed by atoms with E-state index in [4.69, 9.17) is 15.7 Å². The van der Waals surface area contributed by atoms with Gasteiger partial charge in [-0.05, 0) is 49.3 Å². The van der Waals surface area contributed by atoms with Crippen LogP contribution >= 0.6 is 0 Å². The first-order chi connectivity index (χ1) is 9.82. The van der Waals surface area contributed by atoms with E-state index in [1.807, 2.05) is 4.90 Å². The minimum atomic E-state index is -1.14. The Kier molecular flexibility index (Phi) is 4.77.